The molecule has 114 valence electrons. The minimum atomic E-state index is -0.192. The topological polar surface area (TPSA) is 35.5 Å². The molecular weight excluding hydrogens is 284 g/mol. The van der Waals surface area contributed by atoms with Crippen molar-refractivity contribution >= 4 is 17.7 Å². The van der Waals surface area contributed by atoms with E-state index in [4.69, 9.17) is 9.47 Å². The molecule has 0 N–H and O–H groups in total. The van der Waals surface area contributed by atoms with Gasteiger partial charge in [0.2, 0.25) is 0 Å². The van der Waals surface area contributed by atoms with Gasteiger partial charge in [-0.25, -0.2) is 0 Å². The minimum absolute atomic E-state index is 0.156. The van der Waals surface area contributed by atoms with Gasteiger partial charge in [0.25, 0.3) is 0 Å². The highest BCUT2D eigenvalue weighted by Crippen LogP contribution is 2.30. The first kappa shape index (κ1) is 17.5. The van der Waals surface area contributed by atoms with Gasteiger partial charge in [-0.15, -0.1) is 17.7 Å². The van der Waals surface area contributed by atoms with Gasteiger partial charge in [0.1, 0.15) is 17.6 Å². The molecule has 0 aliphatic heterocycles. The molecule has 3 nitrogen and oxygen atoms in total. The summed E-state index contributed by atoms with van der Waals surface area (Å²) in [6.07, 6.45) is 0. The van der Waals surface area contributed by atoms with E-state index in [0.29, 0.717) is 13.2 Å². The third-order valence-corrected chi connectivity index (χ3v) is 4.23. The Bertz CT molecular complexity index is 497. The van der Waals surface area contributed by atoms with Crippen molar-refractivity contribution in [1.82, 2.24) is 0 Å². The van der Waals surface area contributed by atoms with Crippen LogP contribution in [0.15, 0.2) is 29.2 Å². The lowest BCUT2D eigenvalue weighted by atomic mass is 10.1. The molecule has 0 heterocycles. The number of rotatable bonds is 7. The molecule has 0 aliphatic rings. The average Bonchev–Trinajstić information content (AvgIpc) is 2.46. The van der Waals surface area contributed by atoms with Crippen molar-refractivity contribution in [3.8, 4) is 17.6 Å². The largest absolute Gasteiger partial charge is 0.481 e. The van der Waals surface area contributed by atoms with Crippen LogP contribution in [-0.4, -0.2) is 24.4 Å². The van der Waals surface area contributed by atoms with E-state index in [-0.39, 0.29) is 17.1 Å². The molecule has 1 aromatic carbocycles. The maximum atomic E-state index is 11.9. The molecule has 0 saturated carbocycles. The van der Waals surface area contributed by atoms with Gasteiger partial charge in [-0.05, 0) is 44.0 Å². The third kappa shape index (κ3) is 6.14. The lowest BCUT2D eigenvalue weighted by Crippen LogP contribution is -2.25. The first-order chi connectivity index (χ1) is 10.1. The van der Waals surface area contributed by atoms with Crippen LogP contribution in [0.25, 0.3) is 0 Å². The Hall–Kier alpha value is -1.60. The number of benzene rings is 1. The van der Waals surface area contributed by atoms with Crippen LogP contribution < -0.4 is 4.74 Å². The monoisotopic (exact) mass is 306 g/mol. The number of hydrogen-bond donors (Lipinski definition) is 0. The van der Waals surface area contributed by atoms with Crippen molar-refractivity contribution in [3.63, 3.8) is 0 Å². The number of carbonyl (C=O) groups excluding carboxylic acids is 1. The van der Waals surface area contributed by atoms with E-state index in [0.717, 1.165) is 10.6 Å². The first-order valence-corrected chi connectivity index (χ1v) is 7.92. The van der Waals surface area contributed by atoms with Crippen LogP contribution in [0.4, 0.5) is 0 Å². The minimum Gasteiger partial charge on any atom is -0.481 e. The first-order valence-electron chi connectivity index (χ1n) is 7.04. The normalized spacial score (nSPS) is 11.5. The SMILES string of the molecule is CC#CCOc1ccc(SC(C(=O)OCC)C(C)C)cc1. The molecule has 1 rings (SSSR count). The molecule has 1 unspecified atom stereocenters. The van der Waals surface area contributed by atoms with Gasteiger partial charge in [0, 0.05) is 4.90 Å². The van der Waals surface area contributed by atoms with Gasteiger partial charge >= 0.3 is 5.97 Å². The summed E-state index contributed by atoms with van der Waals surface area (Å²) in [6, 6.07) is 7.69. The van der Waals surface area contributed by atoms with E-state index < -0.39 is 0 Å². The summed E-state index contributed by atoms with van der Waals surface area (Å²) in [5, 5.41) is -0.192. The van der Waals surface area contributed by atoms with E-state index in [1.807, 2.05) is 45.0 Å². The summed E-state index contributed by atoms with van der Waals surface area (Å²) in [7, 11) is 0. The molecule has 4 heteroatoms. The molecular formula is C17H22O3S. The van der Waals surface area contributed by atoms with Crippen molar-refractivity contribution in [1.29, 1.82) is 0 Å². The number of esters is 1. The third-order valence-electron chi connectivity index (χ3n) is 2.70. The van der Waals surface area contributed by atoms with E-state index in [1.54, 1.807) is 6.92 Å². The van der Waals surface area contributed by atoms with Crippen molar-refractivity contribution in [2.75, 3.05) is 13.2 Å². The number of carbonyl (C=O) groups is 1. The zero-order chi connectivity index (χ0) is 15.7. The zero-order valence-corrected chi connectivity index (χ0v) is 13.8. The number of thioether (sulfide) groups is 1. The predicted octanol–water partition coefficient (Wildman–Crippen LogP) is 3.77. The molecule has 0 saturated heterocycles. The fourth-order valence-electron chi connectivity index (χ4n) is 1.63. The van der Waals surface area contributed by atoms with Gasteiger partial charge in [-0.1, -0.05) is 19.8 Å². The van der Waals surface area contributed by atoms with Crippen LogP contribution in [0.5, 0.6) is 5.75 Å². The molecule has 1 atom stereocenters. The fourth-order valence-corrected chi connectivity index (χ4v) is 2.66. The summed E-state index contributed by atoms with van der Waals surface area (Å²) in [5.41, 5.74) is 0. The Morgan fingerprint density at radius 1 is 1.29 bits per heavy atom. The quantitative estimate of drug-likeness (QED) is 0.436. The molecule has 0 aliphatic carbocycles. The molecule has 21 heavy (non-hydrogen) atoms. The van der Waals surface area contributed by atoms with Gasteiger partial charge in [0.15, 0.2) is 0 Å². The average molecular weight is 306 g/mol. The Kier molecular flexibility index (Phi) is 7.78. The second kappa shape index (κ2) is 9.36. The smallest absolute Gasteiger partial charge is 0.319 e. The summed E-state index contributed by atoms with van der Waals surface area (Å²) in [6.45, 7) is 8.45. The van der Waals surface area contributed by atoms with Crippen LogP contribution in [0, 0.1) is 17.8 Å². The summed E-state index contributed by atoms with van der Waals surface area (Å²) >= 11 is 1.52. The highest BCUT2D eigenvalue weighted by Gasteiger charge is 2.24. The number of hydrogen-bond acceptors (Lipinski definition) is 4. The Morgan fingerprint density at radius 2 is 1.95 bits per heavy atom. The van der Waals surface area contributed by atoms with Crippen LogP contribution in [0.3, 0.4) is 0 Å². The zero-order valence-electron chi connectivity index (χ0n) is 13.0. The van der Waals surface area contributed by atoms with Crippen LogP contribution in [0.1, 0.15) is 27.7 Å². The maximum absolute atomic E-state index is 11.9. The van der Waals surface area contributed by atoms with Crippen LogP contribution >= 0.6 is 11.8 Å². The lowest BCUT2D eigenvalue weighted by molar-refractivity contribution is -0.143. The molecule has 0 radical (unpaired) electrons. The standard InChI is InChI=1S/C17H22O3S/c1-5-7-12-20-14-8-10-15(11-9-14)21-16(13(3)4)17(18)19-6-2/h8-11,13,16H,6,12H2,1-4H3. The van der Waals surface area contributed by atoms with Gasteiger partial charge in [-0.3, -0.25) is 4.79 Å². The van der Waals surface area contributed by atoms with Crippen molar-refractivity contribution in [3.05, 3.63) is 24.3 Å². The highest BCUT2D eigenvalue weighted by atomic mass is 32.2. The van der Waals surface area contributed by atoms with Crippen LogP contribution in [0.2, 0.25) is 0 Å². The van der Waals surface area contributed by atoms with Crippen molar-refractivity contribution in [2.24, 2.45) is 5.92 Å². The summed E-state index contributed by atoms with van der Waals surface area (Å²) in [4.78, 5) is 13.0. The molecule has 1 aromatic rings. The maximum Gasteiger partial charge on any atom is 0.319 e. The fraction of sp³-hybridized carbons (Fsp3) is 0.471. The lowest BCUT2D eigenvalue weighted by Gasteiger charge is -2.18. The van der Waals surface area contributed by atoms with Gasteiger partial charge in [-0.2, -0.15) is 0 Å². The molecule has 0 spiro atoms. The Morgan fingerprint density at radius 3 is 2.48 bits per heavy atom. The summed E-state index contributed by atoms with van der Waals surface area (Å²) in [5.74, 6) is 6.46. The highest BCUT2D eigenvalue weighted by molar-refractivity contribution is 8.00. The Balaban J connectivity index is 2.66. The Labute approximate surface area is 131 Å². The van der Waals surface area contributed by atoms with E-state index in [1.165, 1.54) is 11.8 Å². The number of ether oxygens (including phenoxy) is 2. The van der Waals surface area contributed by atoms with Crippen molar-refractivity contribution < 1.29 is 14.3 Å². The van der Waals surface area contributed by atoms with Crippen LogP contribution in [-0.2, 0) is 9.53 Å². The second-order valence-electron chi connectivity index (χ2n) is 4.72. The second-order valence-corrected chi connectivity index (χ2v) is 5.94. The van der Waals surface area contributed by atoms with E-state index in [9.17, 15) is 4.79 Å². The van der Waals surface area contributed by atoms with E-state index >= 15 is 0 Å². The summed E-state index contributed by atoms with van der Waals surface area (Å²) < 4.78 is 10.6. The molecule has 0 bridgehead atoms. The molecule has 0 fully saturated rings. The molecule has 0 aromatic heterocycles. The van der Waals surface area contributed by atoms with Gasteiger partial charge < -0.3 is 9.47 Å². The molecule has 0 amide bonds. The predicted molar refractivity (Wildman–Crippen MR) is 86.5 cm³/mol. The van der Waals surface area contributed by atoms with Gasteiger partial charge in [0.05, 0.1) is 6.61 Å². The van der Waals surface area contributed by atoms with E-state index in [2.05, 4.69) is 11.8 Å². The van der Waals surface area contributed by atoms with Crippen molar-refractivity contribution in [2.45, 2.75) is 37.8 Å².